The first-order chi connectivity index (χ1) is 8.70. The van der Waals surface area contributed by atoms with Gasteiger partial charge < -0.3 is 15.4 Å². The minimum absolute atomic E-state index is 0. The first-order valence-electron chi connectivity index (χ1n) is 6.06. The van der Waals surface area contributed by atoms with Crippen molar-refractivity contribution in [2.75, 3.05) is 20.2 Å². The number of carbonyl (C=O) groups is 1. The van der Waals surface area contributed by atoms with Crippen molar-refractivity contribution in [3.8, 4) is 5.75 Å². The minimum atomic E-state index is -0.0351. The number of halogens is 2. The van der Waals surface area contributed by atoms with Crippen molar-refractivity contribution in [3.05, 3.63) is 28.2 Å². The summed E-state index contributed by atoms with van der Waals surface area (Å²) in [5.41, 5.74) is 0.647. The van der Waals surface area contributed by atoms with Crippen molar-refractivity contribution < 1.29 is 9.53 Å². The van der Waals surface area contributed by atoms with Gasteiger partial charge in [0.2, 0.25) is 0 Å². The van der Waals surface area contributed by atoms with E-state index in [4.69, 9.17) is 4.74 Å². The molecule has 1 aromatic carbocycles. The molecule has 0 saturated carbocycles. The second kappa shape index (κ2) is 7.72. The molecule has 19 heavy (non-hydrogen) atoms. The fourth-order valence-corrected chi connectivity index (χ4v) is 2.59. The number of ether oxygens (including phenoxy) is 1. The van der Waals surface area contributed by atoms with E-state index in [1.807, 2.05) is 0 Å². The molecule has 0 aliphatic carbocycles. The number of hydrogen-bond acceptors (Lipinski definition) is 3. The van der Waals surface area contributed by atoms with Crippen molar-refractivity contribution in [3.63, 3.8) is 0 Å². The Kier molecular flexibility index (Phi) is 6.62. The second-order valence-electron chi connectivity index (χ2n) is 4.37. The summed E-state index contributed by atoms with van der Waals surface area (Å²) in [6.45, 7) is 1.89. The molecule has 0 bridgehead atoms. The average molecular weight is 350 g/mol. The molecular weight excluding hydrogens is 332 g/mol. The largest absolute Gasteiger partial charge is 0.496 e. The summed E-state index contributed by atoms with van der Waals surface area (Å²) in [6.07, 6.45) is 2.15. The van der Waals surface area contributed by atoms with Crippen molar-refractivity contribution in [1.82, 2.24) is 10.6 Å². The molecule has 1 heterocycles. The number of rotatable bonds is 3. The number of hydrogen-bond donors (Lipinski definition) is 2. The molecular formula is C13H18BrClN2O2. The standard InChI is InChI=1S/C13H17BrN2O2.ClH/c1-18-12-5-4-9(7-11(12)14)13(17)16-10-3-2-6-15-8-10;/h4-5,7,10,15H,2-3,6,8H2,1H3,(H,16,17);1H/t10-;/m1./s1. The Hall–Kier alpha value is -0.780. The molecule has 4 nitrogen and oxygen atoms in total. The van der Waals surface area contributed by atoms with Crippen LogP contribution in [-0.2, 0) is 0 Å². The average Bonchev–Trinajstić information content (AvgIpc) is 2.39. The third kappa shape index (κ3) is 4.37. The summed E-state index contributed by atoms with van der Waals surface area (Å²) in [6, 6.07) is 5.57. The van der Waals surface area contributed by atoms with E-state index in [0.717, 1.165) is 36.2 Å². The highest BCUT2D eigenvalue weighted by Crippen LogP contribution is 2.25. The summed E-state index contributed by atoms with van der Waals surface area (Å²) >= 11 is 3.38. The summed E-state index contributed by atoms with van der Waals surface area (Å²) in [4.78, 5) is 12.1. The van der Waals surface area contributed by atoms with Gasteiger partial charge in [-0.1, -0.05) is 0 Å². The van der Waals surface area contributed by atoms with Gasteiger partial charge in [-0.25, -0.2) is 0 Å². The molecule has 1 saturated heterocycles. The Balaban J connectivity index is 0.00000180. The number of piperidine rings is 1. The molecule has 1 aliphatic rings. The van der Waals surface area contributed by atoms with Crippen LogP contribution in [0, 0.1) is 0 Å². The molecule has 1 amide bonds. The number of methoxy groups -OCH3 is 1. The Labute approximate surface area is 127 Å². The lowest BCUT2D eigenvalue weighted by Crippen LogP contribution is -2.45. The Morgan fingerprint density at radius 2 is 2.32 bits per heavy atom. The van der Waals surface area contributed by atoms with Gasteiger partial charge in [0.1, 0.15) is 5.75 Å². The van der Waals surface area contributed by atoms with E-state index >= 15 is 0 Å². The molecule has 0 aromatic heterocycles. The van der Waals surface area contributed by atoms with Gasteiger partial charge in [0.15, 0.2) is 0 Å². The van der Waals surface area contributed by atoms with E-state index in [0.29, 0.717) is 5.56 Å². The normalized spacial score (nSPS) is 18.3. The molecule has 0 spiro atoms. The molecule has 0 unspecified atom stereocenters. The highest BCUT2D eigenvalue weighted by molar-refractivity contribution is 9.10. The molecule has 2 N–H and O–H groups in total. The molecule has 0 radical (unpaired) electrons. The molecule has 1 fully saturated rings. The van der Waals surface area contributed by atoms with Crippen LogP contribution in [0.25, 0.3) is 0 Å². The summed E-state index contributed by atoms with van der Waals surface area (Å²) in [7, 11) is 1.60. The number of amides is 1. The highest BCUT2D eigenvalue weighted by Gasteiger charge is 2.16. The van der Waals surface area contributed by atoms with Crippen LogP contribution in [0.2, 0.25) is 0 Å². The van der Waals surface area contributed by atoms with E-state index in [1.165, 1.54) is 0 Å². The zero-order chi connectivity index (χ0) is 13.0. The van der Waals surface area contributed by atoms with Crippen LogP contribution in [0.1, 0.15) is 23.2 Å². The maximum Gasteiger partial charge on any atom is 0.251 e. The Morgan fingerprint density at radius 1 is 1.53 bits per heavy atom. The number of nitrogens with one attached hydrogen (secondary N) is 2. The first kappa shape index (κ1) is 16.3. The molecule has 6 heteroatoms. The smallest absolute Gasteiger partial charge is 0.251 e. The van der Waals surface area contributed by atoms with Gasteiger partial charge in [-0.15, -0.1) is 12.4 Å². The number of carbonyl (C=O) groups excluding carboxylic acids is 1. The van der Waals surface area contributed by atoms with Crippen molar-refractivity contribution >= 4 is 34.2 Å². The van der Waals surface area contributed by atoms with Gasteiger partial charge in [0, 0.05) is 18.2 Å². The maximum absolute atomic E-state index is 12.1. The van der Waals surface area contributed by atoms with Crippen molar-refractivity contribution in [2.24, 2.45) is 0 Å². The lowest BCUT2D eigenvalue weighted by molar-refractivity contribution is 0.0930. The zero-order valence-corrected chi connectivity index (χ0v) is 13.1. The van der Waals surface area contributed by atoms with Gasteiger partial charge in [-0.05, 0) is 53.5 Å². The molecule has 106 valence electrons. The van der Waals surface area contributed by atoms with Crippen molar-refractivity contribution in [1.29, 1.82) is 0 Å². The lowest BCUT2D eigenvalue weighted by Gasteiger charge is -2.23. The zero-order valence-electron chi connectivity index (χ0n) is 10.7. The van der Waals surface area contributed by atoms with E-state index in [2.05, 4.69) is 26.6 Å². The molecule has 1 aromatic rings. The predicted molar refractivity (Wildman–Crippen MR) is 81.3 cm³/mol. The van der Waals surface area contributed by atoms with E-state index in [9.17, 15) is 4.79 Å². The van der Waals surface area contributed by atoms with Gasteiger partial charge in [0.05, 0.1) is 11.6 Å². The fraction of sp³-hybridized carbons (Fsp3) is 0.462. The third-order valence-corrected chi connectivity index (χ3v) is 3.67. The minimum Gasteiger partial charge on any atom is -0.496 e. The van der Waals surface area contributed by atoms with E-state index < -0.39 is 0 Å². The highest BCUT2D eigenvalue weighted by atomic mass is 79.9. The second-order valence-corrected chi connectivity index (χ2v) is 5.22. The lowest BCUT2D eigenvalue weighted by atomic mass is 10.1. The molecule has 1 aliphatic heterocycles. The van der Waals surface area contributed by atoms with Crippen LogP contribution in [0.3, 0.4) is 0 Å². The third-order valence-electron chi connectivity index (χ3n) is 3.05. The topological polar surface area (TPSA) is 50.4 Å². The van der Waals surface area contributed by atoms with Crippen LogP contribution in [-0.4, -0.2) is 32.1 Å². The molecule has 2 rings (SSSR count). The van der Waals surface area contributed by atoms with Crippen LogP contribution in [0.15, 0.2) is 22.7 Å². The monoisotopic (exact) mass is 348 g/mol. The SMILES string of the molecule is COc1ccc(C(=O)N[C@@H]2CCCNC2)cc1Br.Cl. The number of benzene rings is 1. The quantitative estimate of drug-likeness (QED) is 0.881. The predicted octanol–water partition coefficient (Wildman–Crippen LogP) is 2.36. The van der Waals surface area contributed by atoms with E-state index in [1.54, 1.807) is 25.3 Å². The van der Waals surface area contributed by atoms with Crippen LogP contribution in [0.5, 0.6) is 5.75 Å². The Bertz CT molecular complexity index is 437. The summed E-state index contributed by atoms with van der Waals surface area (Å²) < 4.78 is 5.93. The summed E-state index contributed by atoms with van der Waals surface area (Å²) in [5, 5.41) is 6.31. The van der Waals surface area contributed by atoms with Crippen molar-refractivity contribution in [2.45, 2.75) is 18.9 Å². The Morgan fingerprint density at radius 3 is 2.89 bits per heavy atom. The van der Waals surface area contributed by atoms with Crippen LogP contribution in [0.4, 0.5) is 0 Å². The maximum atomic E-state index is 12.1. The van der Waals surface area contributed by atoms with Gasteiger partial charge in [0.25, 0.3) is 5.91 Å². The first-order valence-corrected chi connectivity index (χ1v) is 6.85. The van der Waals surface area contributed by atoms with Gasteiger partial charge in [-0.2, -0.15) is 0 Å². The van der Waals surface area contributed by atoms with Gasteiger partial charge >= 0.3 is 0 Å². The van der Waals surface area contributed by atoms with Gasteiger partial charge in [-0.3, -0.25) is 4.79 Å². The van der Waals surface area contributed by atoms with E-state index in [-0.39, 0.29) is 24.4 Å². The van der Waals surface area contributed by atoms with Crippen LogP contribution >= 0.6 is 28.3 Å². The summed E-state index contributed by atoms with van der Waals surface area (Å²) in [5.74, 6) is 0.693. The van der Waals surface area contributed by atoms with Crippen LogP contribution < -0.4 is 15.4 Å². The molecule has 1 atom stereocenters. The fourth-order valence-electron chi connectivity index (χ4n) is 2.05.